The van der Waals surface area contributed by atoms with Crippen molar-refractivity contribution < 1.29 is 0 Å². The average Bonchev–Trinajstić information content (AvgIpc) is 2.39. The minimum absolute atomic E-state index is 0.209. The lowest BCUT2D eigenvalue weighted by Crippen LogP contribution is -2.36. The van der Waals surface area contributed by atoms with Gasteiger partial charge in [0.25, 0.3) is 0 Å². The molecule has 0 bridgehead atoms. The van der Waals surface area contributed by atoms with Crippen LogP contribution in [0.3, 0.4) is 0 Å². The predicted molar refractivity (Wildman–Crippen MR) is 87.6 cm³/mol. The van der Waals surface area contributed by atoms with Gasteiger partial charge in [-0.1, -0.05) is 88.4 Å². The van der Waals surface area contributed by atoms with E-state index in [0.717, 1.165) is 0 Å². The SMILES string of the molecule is CC(C)(C)[SiH2]C(C)(c1ccccc1)c1ccccc1. The summed E-state index contributed by atoms with van der Waals surface area (Å²) in [6.07, 6.45) is 0. The minimum atomic E-state index is -0.329. The first-order valence-electron chi connectivity index (χ1n) is 7.03. The van der Waals surface area contributed by atoms with E-state index >= 15 is 0 Å². The van der Waals surface area contributed by atoms with Gasteiger partial charge in [0.15, 0.2) is 0 Å². The van der Waals surface area contributed by atoms with E-state index < -0.39 is 0 Å². The molecule has 0 aliphatic heterocycles. The van der Waals surface area contributed by atoms with Crippen molar-refractivity contribution in [2.75, 3.05) is 0 Å². The molecule has 2 rings (SSSR count). The molecule has 0 N–H and O–H groups in total. The smallest absolute Gasteiger partial charge is 0.0436 e. The summed E-state index contributed by atoms with van der Waals surface area (Å²) in [6, 6.07) is 22.0. The molecule has 0 saturated heterocycles. The minimum Gasteiger partial charge on any atom is -0.0631 e. The fourth-order valence-electron chi connectivity index (χ4n) is 3.04. The van der Waals surface area contributed by atoms with Crippen LogP contribution in [-0.4, -0.2) is 9.52 Å². The molecular formula is C18H24Si. The van der Waals surface area contributed by atoms with E-state index in [2.05, 4.69) is 88.4 Å². The van der Waals surface area contributed by atoms with Crippen LogP contribution in [0.5, 0.6) is 0 Å². The zero-order chi connectivity index (χ0) is 13.9. The highest BCUT2D eigenvalue weighted by Crippen LogP contribution is 2.38. The zero-order valence-electron chi connectivity index (χ0n) is 12.5. The Balaban J connectivity index is 2.51. The monoisotopic (exact) mass is 268 g/mol. The molecule has 2 aromatic carbocycles. The summed E-state index contributed by atoms with van der Waals surface area (Å²) in [5.74, 6) is 0. The van der Waals surface area contributed by atoms with E-state index in [0.29, 0.717) is 5.04 Å². The summed E-state index contributed by atoms with van der Waals surface area (Å²) >= 11 is 0. The van der Waals surface area contributed by atoms with Gasteiger partial charge in [0.1, 0.15) is 0 Å². The number of benzene rings is 2. The van der Waals surface area contributed by atoms with Gasteiger partial charge in [-0.05, 0) is 16.2 Å². The van der Waals surface area contributed by atoms with Crippen LogP contribution in [0.15, 0.2) is 60.7 Å². The Hall–Kier alpha value is -1.34. The van der Waals surface area contributed by atoms with Gasteiger partial charge in [-0.25, -0.2) is 0 Å². The largest absolute Gasteiger partial charge is 0.0631 e. The van der Waals surface area contributed by atoms with Gasteiger partial charge < -0.3 is 0 Å². The molecule has 0 nitrogen and oxygen atoms in total. The van der Waals surface area contributed by atoms with Gasteiger partial charge in [0.2, 0.25) is 0 Å². The standard InChI is InChI=1S/C18H24Si/c1-17(2,3)19-18(4,15-11-7-5-8-12-15)16-13-9-6-10-14-16/h5-14H,19H2,1-4H3. The Morgan fingerprint density at radius 3 is 1.32 bits per heavy atom. The molecule has 0 saturated carbocycles. The Morgan fingerprint density at radius 2 is 1.00 bits per heavy atom. The van der Waals surface area contributed by atoms with Crippen molar-refractivity contribution in [1.82, 2.24) is 0 Å². The molecule has 0 fully saturated rings. The molecule has 0 aromatic heterocycles. The van der Waals surface area contributed by atoms with Gasteiger partial charge >= 0.3 is 0 Å². The first-order valence-corrected chi connectivity index (χ1v) is 8.44. The molecular weight excluding hydrogens is 244 g/mol. The van der Waals surface area contributed by atoms with Crippen LogP contribution in [0.25, 0.3) is 0 Å². The molecule has 0 unspecified atom stereocenters. The average molecular weight is 268 g/mol. The third-order valence-electron chi connectivity index (χ3n) is 3.71. The van der Waals surface area contributed by atoms with Gasteiger partial charge in [0, 0.05) is 14.6 Å². The Morgan fingerprint density at radius 1 is 0.632 bits per heavy atom. The van der Waals surface area contributed by atoms with Crippen LogP contribution >= 0.6 is 0 Å². The lowest BCUT2D eigenvalue weighted by atomic mass is 9.92. The highest BCUT2D eigenvalue weighted by atomic mass is 28.2. The normalized spacial score (nSPS) is 13.1. The lowest BCUT2D eigenvalue weighted by Gasteiger charge is -2.36. The van der Waals surface area contributed by atoms with Crippen molar-refractivity contribution in [2.45, 2.75) is 37.8 Å². The van der Waals surface area contributed by atoms with Crippen molar-refractivity contribution in [3.63, 3.8) is 0 Å². The van der Waals surface area contributed by atoms with Crippen LogP contribution in [0.4, 0.5) is 0 Å². The van der Waals surface area contributed by atoms with E-state index in [1.165, 1.54) is 11.1 Å². The van der Waals surface area contributed by atoms with Gasteiger partial charge in [-0.2, -0.15) is 0 Å². The van der Waals surface area contributed by atoms with Crippen LogP contribution in [0.2, 0.25) is 5.04 Å². The van der Waals surface area contributed by atoms with Crippen molar-refractivity contribution in [3.05, 3.63) is 71.8 Å². The fraction of sp³-hybridized carbons (Fsp3) is 0.333. The first-order chi connectivity index (χ1) is 8.92. The Bertz CT molecular complexity index is 469. The molecule has 0 aliphatic rings. The Labute approximate surface area is 119 Å². The van der Waals surface area contributed by atoms with E-state index in [9.17, 15) is 0 Å². The maximum Gasteiger partial charge on any atom is 0.0436 e. The molecule has 0 atom stereocenters. The van der Waals surface area contributed by atoms with Gasteiger partial charge in [-0.3, -0.25) is 0 Å². The molecule has 0 amide bonds. The summed E-state index contributed by atoms with van der Waals surface area (Å²) in [6.45, 7) is 9.56. The topological polar surface area (TPSA) is 0 Å². The second kappa shape index (κ2) is 5.34. The van der Waals surface area contributed by atoms with Crippen LogP contribution in [-0.2, 0) is 5.04 Å². The molecule has 19 heavy (non-hydrogen) atoms. The predicted octanol–water partition coefficient (Wildman–Crippen LogP) is 4.34. The van der Waals surface area contributed by atoms with Crippen LogP contribution in [0.1, 0.15) is 38.8 Å². The van der Waals surface area contributed by atoms with E-state index in [1.807, 2.05) is 0 Å². The third kappa shape index (κ3) is 3.36. The third-order valence-corrected chi connectivity index (χ3v) is 6.29. The summed E-state index contributed by atoms with van der Waals surface area (Å²) in [5.41, 5.74) is 2.92. The van der Waals surface area contributed by atoms with Gasteiger partial charge in [0.05, 0.1) is 0 Å². The maximum atomic E-state index is 2.43. The molecule has 0 spiro atoms. The molecule has 0 aliphatic carbocycles. The maximum absolute atomic E-state index is 2.43. The highest BCUT2D eigenvalue weighted by molar-refractivity contribution is 6.45. The van der Waals surface area contributed by atoms with Crippen molar-refractivity contribution in [3.8, 4) is 0 Å². The van der Waals surface area contributed by atoms with Crippen LogP contribution in [0, 0.1) is 0 Å². The van der Waals surface area contributed by atoms with Gasteiger partial charge in [-0.15, -0.1) is 0 Å². The first kappa shape index (κ1) is 14.1. The van der Waals surface area contributed by atoms with E-state index in [1.54, 1.807) is 0 Å². The highest BCUT2D eigenvalue weighted by Gasteiger charge is 2.33. The summed E-state index contributed by atoms with van der Waals surface area (Å²) in [7, 11) is -0.329. The van der Waals surface area contributed by atoms with Crippen LogP contribution < -0.4 is 0 Å². The Kier molecular flexibility index (Phi) is 3.95. The molecule has 2 aromatic rings. The fourth-order valence-corrected chi connectivity index (χ4v) is 6.04. The van der Waals surface area contributed by atoms with Crippen molar-refractivity contribution in [1.29, 1.82) is 0 Å². The number of rotatable bonds is 3. The summed E-state index contributed by atoms with van der Waals surface area (Å²) in [4.78, 5) is 0. The van der Waals surface area contributed by atoms with Crippen molar-refractivity contribution in [2.24, 2.45) is 0 Å². The molecule has 0 radical (unpaired) electrons. The summed E-state index contributed by atoms with van der Waals surface area (Å²) in [5, 5.41) is 0.640. The quantitative estimate of drug-likeness (QED) is 0.727. The summed E-state index contributed by atoms with van der Waals surface area (Å²) < 4.78 is 0. The van der Waals surface area contributed by atoms with E-state index in [-0.39, 0.29) is 14.6 Å². The second-order valence-corrected chi connectivity index (χ2v) is 10.7. The number of hydrogen-bond donors (Lipinski definition) is 0. The lowest BCUT2D eigenvalue weighted by molar-refractivity contribution is 0.690. The molecule has 0 heterocycles. The number of hydrogen-bond acceptors (Lipinski definition) is 0. The zero-order valence-corrected chi connectivity index (χ0v) is 13.9. The molecule has 100 valence electrons. The second-order valence-electron chi connectivity index (χ2n) is 6.80. The molecule has 1 heteroatoms. The van der Waals surface area contributed by atoms with E-state index in [4.69, 9.17) is 0 Å². The van der Waals surface area contributed by atoms with Crippen molar-refractivity contribution >= 4 is 9.52 Å².